The van der Waals surface area contributed by atoms with Crippen LogP contribution in [0, 0.1) is 0 Å². The Labute approximate surface area is 134 Å². The van der Waals surface area contributed by atoms with Crippen LogP contribution in [0.3, 0.4) is 0 Å². The second-order valence-electron chi connectivity index (χ2n) is 4.79. The molecule has 0 aliphatic heterocycles. The fourth-order valence-corrected chi connectivity index (χ4v) is 2.49. The number of halogens is 1. The van der Waals surface area contributed by atoms with Crippen molar-refractivity contribution >= 4 is 21.8 Å². The van der Waals surface area contributed by atoms with Gasteiger partial charge >= 0.3 is 0 Å². The number of hydrogen-bond acceptors (Lipinski definition) is 4. The van der Waals surface area contributed by atoms with Gasteiger partial charge in [-0.25, -0.2) is 0 Å². The Hall–Kier alpha value is -1.11. The number of nitrogens with one attached hydrogen (secondary N) is 2. The Bertz CT molecular complexity index is 468. The first-order chi connectivity index (χ1) is 9.99. The fourth-order valence-electron chi connectivity index (χ4n) is 1.93. The van der Waals surface area contributed by atoms with Gasteiger partial charge in [0.05, 0.1) is 24.2 Å². The molecule has 2 atom stereocenters. The lowest BCUT2D eigenvalue weighted by molar-refractivity contribution is -0.123. The van der Waals surface area contributed by atoms with Gasteiger partial charge in [-0.2, -0.15) is 0 Å². The van der Waals surface area contributed by atoms with Crippen LogP contribution < -0.4 is 15.4 Å². The topological polar surface area (TPSA) is 59.6 Å². The Morgan fingerprint density at radius 1 is 1.33 bits per heavy atom. The summed E-state index contributed by atoms with van der Waals surface area (Å²) < 4.78 is 11.0. The third-order valence-electron chi connectivity index (χ3n) is 3.17. The van der Waals surface area contributed by atoms with E-state index < -0.39 is 0 Å². The van der Waals surface area contributed by atoms with Crippen molar-refractivity contribution in [3.63, 3.8) is 0 Å². The Morgan fingerprint density at radius 3 is 2.62 bits per heavy atom. The number of ether oxygens (including phenoxy) is 2. The summed E-state index contributed by atoms with van der Waals surface area (Å²) in [6.07, 6.45) is 0. The quantitative estimate of drug-likeness (QED) is 0.699. The van der Waals surface area contributed by atoms with Gasteiger partial charge in [-0.15, -0.1) is 0 Å². The molecule has 1 rings (SSSR count). The molecule has 1 aromatic carbocycles. The monoisotopic (exact) mass is 358 g/mol. The van der Waals surface area contributed by atoms with Crippen molar-refractivity contribution in [3.05, 3.63) is 28.2 Å². The van der Waals surface area contributed by atoms with Gasteiger partial charge in [0.25, 0.3) is 0 Å². The highest BCUT2D eigenvalue weighted by molar-refractivity contribution is 9.10. The zero-order valence-electron chi connectivity index (χ0n) is 12.9. The first-order valence-electron chi connectivity index (χ1n) is 6.85. The molecule has 0 saturated carbocycles. The van der Waals surface area contributed by atoms with Crippen molar-refractivity contribution in [1.29, 1.82) is 0 Å². The lowest BCUT2D eigenvalue weighted by atomic mass is 10.1. The van der Waals surface area contributed by atoms with Gasteiger partial charge in [0.1, 0.15) is 5.75 Å². The molecule has 5 nitrogen and oxygen atoms in total. The Morgan fingerprint density at radius 2 is 2.05 bits per heavy atom. The van der Waals surface area contributed by atoms with Gasteiger partial charge in [-0.05, 0) is 47.5 Å². The second-order valence-corrected chi connectivity index (χ2v) is 5.64. The molecule has 0 spiro atoms. The zero-order chi connectivity index (χ0) is 15.8. The molecule has 0 radical (unpaired) electrons. The van der Waals surface area contributed by atoms with E-state index in [1.165, 1.54) is 0 Å². The van der Waals surface area contributed by atoms with Gasteiger partial charge in [-0.1, -0.05) is 6.07 Å². The molecule has 1 amide bonds. The number of carbonyl (C=O) groups is 1. The minimum absolute atomic E-state index is 0.0357. The van der Waals surface area contributed by atoms with Crippen LogP contribution >= 0.6 is 15.9 Å². The third kappa shape index (κ3) is 5.65. The summed E-state index contributed by atoms with van der Waals surface area (Å²) >= 11 is 3.47. The maximum atomic E-state index is 11.9. The molecule has 6 heteroatoms. The molecule has 0 saturated heterocycles. The van der Waals surface area contributed by atoms with E-state index in [2.05, 4.69) is 26.6 Å². The van der Waals surface area contributed by atoms with Gasteiger partial charge in [0.2, 0.25) is 5.91 Å². The fraction of sp³-hybridized carbons (Fsp3) is 0.533. The highest BCUT2D eigenvalue weighted by Gasteiger charge is 2.16. The van der Waals surface area contributed by atoms with Crippen molar-refractivity contribution < 1.29 is 14.3 Å². The number of rotatable bonds is 8. The van der Waals surface area contributed by atoms with Crippen molar-refractivity contribution in [2.45, 2.75) is 25.9 Å². The first kappa shape index (κ1) is 17.9. The van der Waals surface area contributed by atoms with Gasteiger partial charge in [-0.3, -0.25) is 10.1 Å². The van der Waals surface area contributed by atoms with E-state index in [4.69, 9.17) is 9.47 Å². The molecule has 0 heterocycles. The van der Waals surface area contributed by atoms with Gasteiger partial charge in [0, 0.05) is 19.7 Å². The largest absolute Gasteiger partial charge is 0.496 e. The van der Waals surface area contributed by atoms with Crippen LogP contribution in [-0.2, 0) is 9.53 Å². The highest BCUT2D eigenvalue weighted by Crippen LogP contribution is 2.28. The van der Waals surface area contributed by atoms with Crippen LogP contribution in [0.1, 0.15) is 25.5 Å². The minimum Gasteiger partial charge on any atom is -0.496 e. The number of benzene rings is 1. The molecule has 2 unspecified atom stereocenters. The minimum atomic E-state index is -0.280. The van der Waals surface area contributed by atoms with E-state index in [-0.39, 0.29) is 18.0 Å². The average molecular weight is 359 g/mol. The molecule has 0 aliphatic rings. The number of amides is 1. The van der Waals surface area contributed by atoms with E-state index in [1.807, 2.05) is 32.0 Å². The van der Waals surface area contributed by atoms with Crippen LogP contribution in [0.5, 0.6) is 5.75 Å². The average Bonchev–Trinajstić information content (AvgIpc) is 2.47. The van der Waals surface area contributed by atoms with E-state index in [0.717, 1.165) is 15.8 Å². The highest BCUT2D eigenvalue weighted by atomic mass is 79.9. The Kier molecular flexibility index (Phi) is 7.71. The summed E-state index contributed by atoms with van der Waals surface area (Å²) in [5.74, 6) is 0.753. The summed E-state index contributed by atoms with van der Waals surface area (Å²) in [6.45, 7) is 4.90. The third-order valence-corrected chi connectivity index (χ3v) is 3.79. The van der Waals surface area contributed by atoms with E-state index in [1.54, 1.807) is 14.2 Å². The lowest BCUT2D eigenvalue weighted by Gasteiger charge is -2.20. The molecule has 1 aromatic rings. The molecule has 2 N–H and O–H groups in total. The van der Waals surface area contributed by atoms with E-state index in [0.29, 0.717) is 13.2 Å². The standard InChI is InChI=1S/C15H23BrN2O3/c1-10(12-5-6-14(21-4)13(16)9-12)18-11(2)15(19)17-7-8-20-3/h5-6,9-11,18H,7-8H2,1-4H3,(H,17,19). The molecular weight excluding hydrogens is 336 g/mol. The molecular formula is C15H23BrN2O3. The van der Waals surface area contributed by atoms with Crippen molar-refractivity contribution in [2.75, 3.05) is 27.4 Å². The summed E-state index contributed by atoms with van der Waals surface area (Å²) in [5.41, 5.74) is 1.08. The maximum Gasteiger partial charge on any atom is 0.236 e. The molecule has 0 aliphatic carbocycles. The first-order valence-corrected chi connectivity index (χ1v) is 7.65. The smallest absolute Gasteiger partial charge is 0.236 e. The Balaban J connectivity index is 2.57. The molecule has 0 aromatic heterocycles. The number of hydrogen-bond donors (Lipinski definition) is 2. The molecule has 0 fully saturated rings. The summed E-state index contributed by atoms with van der Waals surface area (Å²) in [7, 11) is 3.24. The number of methoxy groups -OCH3 is 2. The van der Waals surface area contributed by atoms with Crippen LogP contribution in [0.15, 0.2) is 22.7 Å². The van der Waals surface area contributed by atoms with Crippen LogP contribution in [0.2, 0.25) is 0 Å². The van der Waals surface area contributed by atoms with Crippen LogP contribution in [-0.4, -0.2) is 39.3 Å². The second kappa shape index (κ2) is 9.02. The van der Waals surface area contributed by atoms with Crippen LogP contribution in [0.4, 0.5) is 0 Å². The summed E-state index contributed by atoms with van der Waals surface area (Å²) in [6, 6.07) is 5.65. The predicted octanol–water partition coefficient (Wildman–Crippen LogP) is 2.26. The number of carbonyl (C=O) groups excluding carboxylic acids is 1. The van der Waals surface area contributed by atoms with Crippen LogP contribution in [0.25, 0.3) is 0 Å². The van der Waals surface area contributed by atoms with Crippen molar-refractivity contribution in [3.8, 4) is 5.75 Å². The summed E-state index contributed by atoms with van der Waals surface area (Å²) in [4.78, 5) is 11.9. The molecule has 118 valence electrons. The van der Waals surface area contributed by atoms with E-state index in [9.17, 15) is 4.79 Å². The predicted molar refractivity (Wildman–Crippen MR) is 86.6 cm³/mol. The van der Waals surface area contributed by atoms with E-state index >= 15 is 0 Å². The van der Waals surface area contributed by atoms with Crippen molar-refractivity contribution in [2.24, 2.45) is 0 Å². The lowest BCUT2D eigenvalue weighted by Crippen LogP contribution is -2.44. The van der Waals surface area contributed by atoms with Crippen molar-refractivity contribution in [1.82, 2.24) is 10.6 Å². The summed E-state index contributed by atoms with van der Waals surface area (Å²) in [5, 5.41) is 6.09. The molecule has 0 bridgehead atoms. The maximum absolute atomic E-state index is 11.9. The SMILES string of the molecule is COCCNC(=O)C(C)NC(C)c1ccc(OC)c(Br)c1. The van der Waals surface area contributed by atoms with Gasteiger partial charge in [0.15, 0.2) is 0 Å². The van der Waals surface area contributed by atoms with Gasteiger partial charge < -0.3 is 14.8 Å². The normalized spacial score (nSPS) is 13.6. The zero-order valence-corrected chi connectivity index (χ0v) is 14.5. The molecule has 21 heavy (non-hydrogen) atoms.